The van der Waals surface area contributed by atoms with Crippen LogP contribution in [0.1, 0.15) is 28.8 Å². The molecule has 1 atom stereocenters. The molecule has 3 N–H and O–H groups in total. The van der Waals surface area contributed by atoms with Gasteiger partial charge in [0.25, 0.3) is 5.91 Å². The Kier molecular flexibility index (Phi) is 4.69. The van der Waals surface area contributed by atoms with E-state index < -0.39 is 0 Å². The van der Waals surface area contributed by atoms with E-state index in [1.807, 2.05) is 0 Å². The van der Waals surface area contributed by atoms with Crippen LogP contribution in [0.2, 0.25) is 0 Å². The molecule has 1 aromatic heterocycles. The maximum absolute atomic E-state index is 12.1. The highest BCUT2D eigenvalue weighted by Crippen LogP contribution is 2.06. The van der Waals surface area contributed by atoms with Crippen molar-refractivity contribution in [1.29, 1.82) is 0 Å². The number of hydrogen-bond acceptors (Lipinski definition) is 4. The predicted octanol–water partition coefficient (Wildman–Crippen LogP) is -0.566. The Bertz CT molecular complexity index is 565. The molecule has 2 rings (SSSR count). The smallest absolute Gasteiger partial charge is 0.253 e. The van der Waals surface area contributed by atoms with Gasteiger partial charge in [0.1, 0.15) is 6.61 Å². The van der Waals surface area contributed by atoms with Gasteiger partial charge in [-0.3, -0.25) is 14.6 Å². The second kappa shape index (κ2) is 6.68. The Labute approximate surface area is 116 Å². The summed E-state index contributed by atoms with van der Waals surface area (Å²) in [5.41, 5.74) is 0.982. The molecule has 6 nitrogen and oxygen atoms in total. The number of piperidine rings is 1. The summed E-state index contributed by atoms with van der Waals surface area (Å²) in [6.07, 6.45) is 4.04. The molecule has 2 heterocycles. The number of aromatic nitrogens is 1. The van der Waals surface area contributed by atoms with Crippen LogP contribution in [-0.4, -0.2) is 41.1 Å². The van der Waals surface area contributed by atoms with E-state index in [1.54, 1.807) is 6.07 Å². The van der Waals surface area contributed by atoms with E-state index in [2.05, 4.69) is 27.5 Å². The van der Waals surface area contributed by atoms with Gasteiger partial charge in [-0.1, -0.05) is 11.8 Å². The molecule has 20 heavy (non-hydrogen) atoms. The van der Waals surface area contributed by atoms with Gasteiger partial charge in [0.05, 0.1) is 5.56 Å². The largest absolute Gasteiger partial charge is 0.384 e. The highest BCUT2D eigenvalue weighted by Gasteiger charge is 2.20. The summed E-state index contributed by atoms with van der Waals surface area (Å²) >= 11 is 0. The zero-order valence-electron chi connectivity index (χ0n) is 10.8. The van der Waals surface area contributed by atoms with Crippen LogP contribution in [0.5, 0.6) is 0 Å². The summed E-state index contributed by atoms with van der Waals surface area (Å²) < 4.78 is 0. The molecule has 104 valence electrons. The number of aliphatic hydroxyl groups excluding tert-OH is 1. The van der Waals surface area contributed by atoms with E-state index in [0.717, 1.165) is 0 Å². The topological polar surface area (TPSA) is 91.3 Å². The lowest BCUT2D eigenvalue weighted by Crippen LogP contribution is -2.47. The van der Waals surface area contributed by atoms with Crippen LogP contribution >= 0.6 is 0 Å². The number of rotatable bonds is 2. The van der Waals surface area contributed by atoms with Gasteiger partial charge in [-0.2, -0.15) is 0 Å². The molecule has 1 unspecified atom stereocenters. The van der Waals surface area contributed by atoms with Crippen molar-refractivity contribution in [2.24, 2.45) is 0 Å². The molecule has 1 aliphatic heterocycles. The van der Waals surface area contributed by atoms with E-state index in [1.165, 1.54) is 12.4 Å². The molecule has 0 saturated carbocycles. The minimum atomic E-state index is -0.244. The normalized spacial score (nSPS) is 17.6. The van der Waals surface area contributed by atoms with Crippen molar-refractivity contribution < 1.29 is 14.7 Å². The first kappa shape index (κ1) is 14.0. The fraction of sp³-hybridized carbons (Fsp3) is 0.357. The van der Waals surface area contributed by atoms with Gasteiger partial charge in [-0.05, 0) is 12.5 Å². The maximum Gasteiger partial charge on any atom is 0.253 e. The molecule has 0 aliphatic carbocycles. The molecule has 1 saturated heterocycles. The van der Waals surface area contributed by atoms with Crippen LogP contribution in [0, 0.1) is 11.8 Å². The number of nitrogens with one attached hydrogen (secondary N) is 2. The molecule has 0 aromatic carbocycles. The van der Waals surface area contributed by atoms with Gasteiger partial charge < -0.3 is 15.7 Å². The average molecular weight is 273 g/mol. The number of pyridine rings is 1. The van der Waals surface area contributed by atoms with Crippen LogP contribution < -0.4 is 10.6 Å². The van der Waals surface area contributed by atoms with Gasteiger partial charge in [0, 0.05) is 37.0 Å². The first-order valence-electron chi connectivity index (χ1n) is 6.31. The fourth-order valence-corrected chi connectivity index (χ4v) is 1.90. The molecule has 1 aromatic rings. The molecule has 1 fully saturated rings. The molecule has 0 bridgehead atoms. The Hall–Kier alpha value is -2.39. The zero-order chi connectivity index (χ0) is 14.4. The maximum atomic E-state index is 12.1. The quantitative estimate of drug-likeness (QED) is 0.630. The molecular weight excluding hydrogens is 258 g/mol. The lowest BCUT2D eigenvalue weighted by molar-refractivity contribution is -0.122. The minimum Gasteiger partial charge on any atom is -0.384 e. The van der Waals surface area contributed by atoms with Crippen molar-refractivity contribution in [3.8, 4) is 11.8 Å². The summed E-state index contributed by atoms with van der Waals surface area (Å²) in [4.78, 5) is 27.0. The number of hydrogen-bond donors (Lipinski definition) is 3. The average Bonchev–Trinajstić information content (AvgIpc) is 2.48. The Morgan fingerprint density at radius 2 is 2.40 bits per heavy atom. The second-order valence-electron chi connectivity index (χ2n) is 4.44. The standard InChI is InChI=1S/C14H15N3O3/c18-5-1-2-10-6-11(8-15-7-10)14(20)17-12-3-4-13(19)16-9-12/h6-8,12,18H,3-5,9H2,(H,16,19)(H,17,20). The number of amides is 2. The van der Waals surface area contributed by atoms with Gasteiger partial charge >= 0.3 is 0 Å². The molecular formula is C14H15N3O3. The highest BCUT2D eigenvalue weighted by molar-refractivity contribution is 5.94. The van der Waals surface area contributed by atoms with E-state index in [-0.39, 0.29) is 24.5 Å². The zero-order valence-corrected chi connectivity index (χ0v) is 10.8. The van der Waals surface area contributed by atoms with E-state index in [9.17, 15) is 9.59 Å². The Morgan fingerprint density at radius 1 is 1.55 bits per heavy atom. The SMILES string of the molecule is O=C1CCC(NC(=O)c2cncc(C#CCO)c2)CN1. The highest BCUT2D eigenvalue weighted by atomic mass is 16.2. The lowest BCUT2D eigenvalue weighted by atomic mass is 10.1. The number of carbonyl (C=O) groups is 2. The third-order valence-corrected chi connectivity index (χ3v) is 2.91. The molecule has 2 amide bonds. The molecule has 1 aliphatic rings. The minimum absolute atomic E-state index is 0.0124. The third-order valence-electron chi connectivity index (χ3n) is 2.91. The Balaban J connectivity index is 2.00. The van der Waals surface area contributed by atoms with E-state index >= 15 is 0 Å². The van der Waals surface area contributed by atoms with Crippen LogP contribution in [0.4, 0.5) is 0 Å². The summed E-state index contributed by atoms with van der Waals surface area (Å²) in [5.74, 6) is 4.97. The first-order chi connectivity index (χ1) is 9.69. The van der Waals surface area contributed by atoms with Crippen LogP contribution in [0.15, 0.2) is 18.5 Å². The Morgan fingerprint density at radius 3 is 3.10 bits per heavy atom. The molecule has 0 radical (unpaired) electrons. The van der Waals surface area contributed by atoms with Gasteiger partial charge in [-0.15, -0.1) is 0 Å². The second-order valence-corrected chi connectivity index (χ2v) is 4.44. The lowest BCUT2D eigenvalue weighted by Gasteiger charge is -2.23. The summed E-state index contributed by atoms with van der Waals surface area (Å²) in [7, 11) is 0. The predicted molar refractivity (Wildman–Crippen MR) is 71.7 cm³/mol. The van der Waals surface area contributed by atoms with Gasteiger partial charge in [0.2, 0.25) is 5.91 Å². The summed E-state index contributed by atoms with van der Waals surface area (Å²) in [5, 5.41) is 14.2. The van der Waals surface area contributed by atoms with E-state index in [0.29, 0.717) is 30.5 Å². The number of aliphatic hydroxyl groups is 1. The van der Waals surface area contributed by atoms with Gasteiger partial charge in [-0.25, -0.2) is 0 Å². The van der Waals surface area contributed by atoms with Crippen LogP contribution in [0.25, 0.3) is 0 Å². The van der Waals surface area contributed by atoms with Crippen molar-refractivity contribution >= 4 is 11.8 Å². The van der Waals surface area contributed by atoms with Crippen LogP contribution in [0.3, 0.4) is 0 Å². The van der Waals surface area contributed by atoms with Crippen molar-refractivity contribution in [3.63, 3.8) is 0 Å². The molecule has 0 spiro atoms. The summed E-state index contributed by atoms with van der Waals surface area (Å²) in [6, 6.07) is 1.55. The van der Waals surface area contributed by atoms with Crippen molar-refractivity contribution in [2.45, 2.75) is 18.9 Å². The van der Waals surface area contributed by atoms with Crippen molar-refractivity contribution in [2.75, 3.05) is 13.2 Å². The summed E-state index contributed by atoms with van der Waals surface area (Å²) in [6.45, 7) is 0.209. The number of carbonyl (C=O) groups excluding carboxylic acids is 2. The van der Waals surface area contributed by atoms with Crippen molar-refractivity contribution in [1.82, 2.24) is 15.6 Å². The van der Waals surface area contributed by atoms with E-state index in [4.69, 9.17) is 5.11 Å². The van der Waals surface area contributed by atoms with Gasteiger partial charge in [0.15, 0.2) is 0 Å². The third kappa shape index (κ3) is 3.80. The van der Waals surface area contributed by atoms with Crippen molar-refractivity contribution in [3.05, 3.63) is 29.6 Å². The first-order valence-corrected chi connectivity index (χ1v) is 6.31. The van der Waals surface area contributed by atoms with Crippen LogP contribution in [-0.2, 0) is 4.79 Å². The molecule has 6 heteroatoms. The fourth-order valence-electron chi connectivity index (χ4n) is 1.90. The number of nitrogens with zero attached hydrogens (tertiary/aromatic N) is 1. The monoisotopic (exact) mass is 273 g/mol.